The second-order valence-electron chi connectivity index (χ2n) is 6.46. The van der Waals surface area contributed by atoms with Crippen molar-refractivity contribution in [1.29, 1.82) is 0 Å². The van der Waals surface area contributed by atoms with Crippen molar-refractivity contribution in [1.82, 2.24) is 20.1 Å². The van der Waals surface area contributed by atoms with Gasteiger partial charge < -0.3 is 14.6 Å². The molecule has 2 aliphatic rings. The molecule has 23 heavy (non-hydrogen) atoms. The Morgan fingerprint density at radius 1 is 1.13 bits per heavy atom. The Labute approximate surface area is 137 Å². The molecule has 1 N–H and O–H groups in total. The number of nitrogens with zero attached hydrogens (tertiary/aromatic N) is 3. The van der Waals surface area contributed by atoms with Crippen molar-refractivity contribution in [2.45, 2.75) is 57.7 Å². The summed E-state index contributed by atoms with van der Waals surface area (Å²) in [5.74, 6) is 3.25. The topological polar surface area (TPSA) is 52.0 Å². The number of nitrogens with one attached hydrogen (secondary N) is 1. The van der Waals surface area contributed by atoms with Gasteiger partial charge in [-0.25, -0.2) is 0 Å². The molecule has 3 heterocycles. The van der Waals surface area contributed by atoms with Gasteiger partial charge in [0.1, 0.15) is 17.4 Å². The van der Waals surface area contributed by atoms with E-state index in [9.17, 15) is 0 Å². The van der Waals surface area contributed by atoms with Crippen molar-refractivity contribution in [3.8, 4) is 5.75 Å². The van der Waals surface area contributed by atoms with E-state index in [0.29, 0.717) is 6.04 Å². The van der Waals surface area contributed by atoms with Gasteiger partial charge in [0.15, 0.2) is 0 Å². The largest absolute Gasteiger partial charge is 0.493 e. The first-order valence-corrected chi connectivity index (χ1v) is 8.78. The van der Waals surface area contributed by atoms with Gasteiger partial charge in [-0.1, -0.05) is 24.6 Å². The standard InChI is InChI=1S/C18H24N4O/c1-2-10-17-20-21-18(22(17)11-5-1)13-19-15-8-6-12-23-16-9-4-3-7-14(15)16/h3-4,7,9,15,19H,1-2,5-6,8,10-13H2/t15-/m1/s1. The number of hydrogen-bond donors (Lipinski definition) is 1. The van der Waals surface area contributed by atoms with Crippen molar-refractivity contribution in [2.75, 3.05) is 6.61 Å². The minimum absolute atomic E-state index is 0.326. The third kappa shape index (κ3) is 3.11. The fourth-order valence-electron chi connectivity index (χ4n) is 3.63. The van der Waals surface area contributed by atoms with Gasteiger partial charge in [0.2, 0.25) is 0 Å². The van der Waals surface area contributed by atoms with Gasteiger partial charge in [-0.2, -0.15) is 0 Å². The van der Waals surface area contributed by atoms with Crippen LogP contribution in [0.3, 0.4) is 0 Å². The summed E-state index contributed by atoms with van der Waals surface area (Å²) in [4.78, 5) is 0. The molecule has 2 aliphatic heterocycles. The zero-order valence-corrected chi connectivity index (χ0v) is 13.5. The highest BCUT2D eigenvalue weighted by Crippen LogP contribution is 2.31. The number of rotatable bonds is 3. The molecule has 0 fully saturated rings. The summed E-state index contributed by atoms with van der Waals surface area (Å²) < 4.78 is 8.17. The summed E-state index contributed by atoms with van der Waals surface area (Å²) in [5.41, 5.74) is 1.26. The molecule has 0 amide bonds. The second kappa shape index (κ2) is 6.71. The molecule has 4 rings (SSSR count). The summed E-state index contributed by atoms with van der Waals surface area (Å²) >= 11 is 0. The maximum Gasteiger partial charge on any atom is 0.147 e. The summed E-state index contributed by atoms with van der Waals surface area (Å²) in [6, 6.07) is 8.69. The zero-order valence-electron chi connectivity index (χ0n) is 13.5. The minimum atomic E-state index is 0.326. The van der Waals surface area contributed by atoms with Crippen LogP contribution in [-0.2, 0) is 19.5 Å². The number of para-hydroxylation sites is 1. The predicted molar refractivity (Wildman–Crippen MR) is 88.3 cm³/mol. The molecule has 0 bridgehead atoms. The summed E-state index contributed by atoms with van der Waals surface area (Å²) in [6.07, 6.45) is 7.00. The number of aryl methyl sites for hydroxylation is 1. The Bertz CT molecular complexity index is 667. The number of ether oxygens (including phenoxy) is 1. The number of hydrogen-bond acceptors (Lipinski definition) is 4. The van der Waals surface area contributed by atoms with Crippen LogP contribution in [0.4, 0.5) is 0 Å². The van der Waals surface area contributed by atoms with E-state index in [4.69, 9.17) is 4.74 Å². The molecular formula is C18H24N4O. The van der Waals surface area contributed by atoms with E-state index >= 15 is 0 Å². The first-order chi connectivity index (χ1) is 11.4. The van der Waals surface area contributed by atoms with Crippen LogP contribution >= 0.6 is 0 Å². The highest BCUT2D eigenvalue weighted by Gasteiger charge is 2.20. The van der Waals surface area contributed by atoms with E-state index < -0.39 is 0 Å². The fraction of sp³-hybridized carbons (Fsp3) is 0.556. The highest BCUT2D eigenvalue weighted by molar-refractivity contribution is 5.36. The summed E-state index contributed by atoms with van der Waals surface area (Å²) in [6.45, 7) is 2.63. The summed E-state index contributed by atoms with van der Waals surface area (Å²) in [7, 11) is 0. The lowest BCUT2D eigenvalue weighted by Crippen LogP contribution is -2.23. The van der Waals surface area contributed by atoms with Crippen molar-refractivity contribution < 1.29 is 4.74 Å². The van der Waals surface area contributed by atoms with E-state index in [1.165, 1.54) is 24.8 Å². The normalized spacial score (nSPS) is 20.8. The SMILES string of the molecule is c1ccc2c(c1)OCCC[C@H]2NCc1nnc2n1CCCCC2. The van der Waals surface area contributed by atoms with Gasteiger partial charge >= 0.3 is 0 Å². The first-order valence-electron chi connectivity index (χ1n) is 8.78. The van der Waals surface area contributed by atoms with E-state index in [1.807, 2.05) is 6.07 Å². The molecule has 1 aromatic carbocycles. The van der Waals surface area contributed by atoms with Gasteiger partial charge in [0.25, 0.3) is 0 Å². The van der Waals surface area contributed by atoms with Gasteiger partial charge in [-0.05, 0) is 31.7 Å². The third-order valence-corrected chi connectivity index (χ3v) is 4.88. The second-order valence-corrected chi connectivity index (χ2v) is 6.46. The maximum absolute atomic E-state index is 5.85. The van der Waals surface area contributed by atoms with Crippen LogP contribution in [-0.4, -0.2) is 21.4 Å². The Balaban J connectivity index is 1.50. The van der Waals surface area contributed by atoms with Crippen LogP contribution < -0.4 is 10.1 Å². The molecule has 0 spiro atoms. The molecule has 5 nitrogen and oxygen atoms in total. The molecule has 0 saturated carbocycles. The monoisotopic (exact) mass is 312 g/mol. The minimum Gasteiger partial charge on any atom is -0.493 e. The molecule has 5 heteroatoms. The van der Waals surface area contributed by atoms with Gasteiger partial charge in [0.05, 0.1) is 13.2 Å². The van der Waals surface area contributed by atoms with E-state index in [2.05, 4.69) is 38.3 Å². The average molecular weight is 312 g/mol. The molecule has 1 atom stereocenters. The highest BCUT2D eigenvalue weighted by atomic mass is 16.5. The molecule has 2 aromatic rings. The molecular weight excluding hydrogens is 288 g/mol. The third-order valence-electron chi connectivity index (χ3n) is 4.88. The molecule has 122 valence electrons. The molecule has 0 unspecified atom stereocenters. The molecule has 0 radical (unpaired) electrons. The van der Waals surface area contributed by atoms with Crippen LogP contribution in [0.2, 0.25) is 0 Å². The smallest absolute Gasteiger partial charge is 0.147 e. The van der Waals surface area contributed by atoms with E-state index in [1.54, 1.807) is 0 Å². The summed E-state index contributed by atoms with van der Waals surface area (Å²) in [5, 5.41) is 12.5. The van der Waals surface area contributed by atoms with Crippen LogP contribution in [0.5, 0.6) is 5.75 Å². The zero-order chi connectivity index (χ0) is 15.5. The lowest BCUT2D eigenvalue weighted by Gasteiger charge is -2.18. The average Bonchev–Trinajstić information content (AvgIpc) is 2.77. The Morgan fingerprint density at radius 2 is 2.09 bits per heavy atom. The number of aromatic nitrogens is 3. The van der Waals surface area contributed by atoms with Crippen molar-refractivity contribution in [2.24, 2.45) is 0 Å². The lowest BCUT2D eigenvalue weighted by atomic mass is 10.0. The van der Waals surface area contributed by atoms with E-state index in [-0.39, 0.29) is 0 Å². The van der Waals surface area contributed by atoms with Crippen molar-refractivity contribution >= 4 is 0 Å². The lowest BCUT2D eigenvalue weighted by molar-refractivity contribution is 0.315. The number of fused-ring (bicyclic) bond motifs is 2. The van der Waals surface area contributed by atoms with E-state index in [0.717, 1.165) is 56.4 Å². The molecule has 0 saturated heterocycles. The fourth-order valence-corrected chi connectivity index (χ4v) is 3.63. The van der Waals surface area contributed by atoms with Crippen LogP contribution in [0, 0.1) is 0 Å². The predicted octanol–water partition coefficient (Wildman–Crippen LogP) is 3.01. The van der Waals surface area contributed by atoms with Crippen LogP contribution in [0.15, 0.2) is 24.3 Å². The first kappa shape index (κ1) is 14.7. The Morgan fingerprint density at radius 3 is 3.09 bits per heavy atom. The number of benzene rings is 1. The Hall–Kier alpha value is -1.88. The molecule has 0 aliphatic carbocycles. The van der Waals surface area contributed by atoms with Crippen LogP contribution in [0.25, 0.3) is 0 Å². The maximum atomic E-state index is 5.85. The van der Waals surface area contributed by atoms with Crippen molar-refractivity contribution in [3.63, 3.8) is 0 Å². The van der Waals surface area contributed by atoms with Gasteiger partial charge in [-0.3, -0.25) is 0 Å². The van der Waals surface area contributed by atoms with Gasteiger partial charge in [-0.15, -0.1) is 10.2 Å². The molecule has 1 aromatic heterocycles. The quantitative estimate of drug-likeness (QED) is 0.946. The van der Waals surface area contributed by atoms with Crippen LogP contribution in [0.1, 0.15) is 55.4 Å². The Kier molecular flexibility index (Phi) is 4.28. The van der Waals surface area contributed by atoms with Crippen molar-refractivity contribution in [3.05, 3.63) is 41.5 Å². The van der Waals surface area contributed by atoms with Gasteiger partial charge in [0, 0.05) is 24.6 Å².